The maximum atomic E-state index is 11.5. The normalized spacial score (nSPS) is 13.5. The van der Waals surface area contributed by atoms with Gasteiger partial charge in [0.15, 0.2) is 0 Å². The van der Waals surface area contributed by atoms with Crippen molar-refractivity contribution in [1.29, 1.82) is 0 Å². The van der Waals surface area contributed by atoms with Crippen molar-refractivity contribution in [2.45, 2.75) is 26.3 Å². The zero-order valence-electron chi connectivity index (χ0n) is 10.1. The summed E-state index contributed by atoms with van der Waals surface area (Å²) in [5.41, 5.74) is 0. The lowest BCUT2D eigenvalue weighted by atomic mass is 10.2. The first-order valence-electron chi connectivity index (χ1n) is 5.16. The van der Waals surface area contributed by atoms with E-state index in [4.69, 9.17) is 0 Å². The van der Waals surface area contributed by atoms with Crippen molar-refractivity contribution in [3.8, 4) is 0 Å². The van der Waals surface area contributed by atoms with Crippen LogP contribution in [-0.2, 0) is 14.8 Å². The second-order valence-electron chi connectivity index (χ2n) is 3.72. The molecule has 0 bridgehead atoms. The van der Waals surface area contributed by atoms with Gasteiger partial charge in [-0.25, -0.2) is 8.42 Å². The van der Waals surface area contributed by atoms with Crippen molar-refractivity contribution in [2.24, 2.45) is 0 Å². The molecule has 6 heteroatoms. The summed E-state index contributed by atoms with van der Waals surface area (Å²) in [4.78, 5) is 11.5. The Hall–Kier alpha value is -0.880. The lowest BCUT2D eigenvalue weighted by Gasteiger charge is -2.19. The first kappa shape index (κ1) is 15.1. The van der Waals surface area contributed by atoms with Crippen LogP contribution in [0.2, 0.25) is 0 Å². The highest BCUT2D eigenvalue weighted by Crippen LogP contribution is 1.98. The van der Waals surface area contributed by atoms with Crippen molar-refractivity contribution in [3.63, 3.8) is 0 Å². The van der Waals surface area contributed by atoms with Gasteiger partial charge in [0, 0.05) is 12.6 Å². The smallest absolute Gasteiger partial charge is 0.235 e. The molecule has 1 amide bonds. The molecule has 0 aliphatic heterocycles. The number of carbonyl (C=O) groups excluding carboxylic acids is 1. The third kappa shape index (κ3) is 5.87. The molecule has 1 atom stereocenters. The fraction of sp³-hybridized carbons (Fsp3) is 0.700. The maximum Gasteiger partial charge on any atom is 0.235 e. The molecule has 0 saturated carbocycles. The zero-order valence-corrected chi connectivity index (χ0v) is 10.9. The van der Waals surface area contributed by atoms with Crippen LogP contribution in [0.4, 0.5) is 0 Å². The van der Waals surface area contributed by atoms with Gasteiger partial charge in [-0.1, -0.05) is 13.0 Å². The summed E-state index contributed by atoms with van der Waals surface area (Å²) in [5, 5.41) is 2.71. The standard InChI is InChI=1S/C10H20N2O3S/c1-5-7-12(16(4,14)15)8-10(13)11-9(3)6-2/h5,9H,1,6-8H2,2-4H3,(H,11,13). The first-order chi connectivity index (χ1) is 7.31. The predicted octanol–water partition coefficient (Wildman–Crippen LogP) is 0.349. The zero-order chi connectivity index (χ0) is 12.8. The first-order valence-corrected chi connectivity index (χ1v) is 7.01. The number of amides is 1. The van der Waals surface area contributed by atoms with Crippen LogP contribution < -0.4 is 5.32 Å². The lowest BCUT2D eigenvalue weighted by molar-refractivity contribution is -0.121. The summed E-state index contributed by atoms with van der Waals surface area (Å²) in [7, 11) is -3.36. The Labute approximate surface area is 97.6 Å². The van der Waals surface area contributed by atoms with Crippen LogP contribution in [0.25, 0.3) is 0 Å². The molecule has 1 N–H and O–H groups in total. The molecule has 0 radical (unpaired) electrons. The average Bonchev–Trinajstić information content (AvgIpc) is 2.15. The number of rotatable bonds is 7. The summed E-state index contributed by atoms with van der Waals surface area (Å²) in [6.07, 6.45) is 3.34. The summed E-state index contributed by atoms with van der Waals surface area (Å²) in [6, 6.07) is 0.0534. The van der Waals surface area contributed by atoms with Crippen LogP contribution in [0.5, 0.6) is 0 Å². The van der Waals surface area contributed by atoms with E-state index in [1.807, 2.05) is 13.8 Å². The molecule has 0 spiro atoms. The highest BCUT2D eigenvalue weighted by atomic mass is 32.2. The van der Waals surface area contributed by atoms with E-state index in [9.17, 15) is 13.2 Å². The molecule has 0 heterocycles. The quantitative estimate of drug-likeness (QED) is 0.661. The van der Waals surface area contributed by atoms with Gasteiger partial charge < -0.3 is 5.32 Å². The minimum Gasteiger partial charge on any atom is -0.353 e. The third-order valence-electron chi connectivity index (χ3n) is 2.14. The minimum atomic E-state index is -3.36. The van der Waals surface area contributed by atoms with Crippen LogP contribution in [0, 0.1) is 0 Å². The molecule has 94 valence electrons. The van der Waals surface area contributed by atoms with E-state index in [-0.39, 0.29) is 25.0 Å². The van der Waals surface area contributed by atoms with Gasteiger partial charge in [0.2, 0.25) is 15.9 Å². The molecule has 0 aromatic carbocycles. The summed E-state index contributed by atoms with van der Waals surface area (Å²) >= 11 is 0. The molecule has 0 fully saturated rings. The molecule has 0 aliphatic carbocycles. The largest absolute Gasteiger partial charge is 0.353 e. The van der Waals surface area contributed by atoms with E-state index in [2.05, 4.69) is 11.9 Å². The van der Waals surface area contributed by atoms with Gasteiger partial charge in [0.1, 0.15) is 0 Å². The topological polar surface area (TPSA) is 66.5 Å². The highest BCUT2D eigenvalue weighted by Gasteiger charge is 2.19. The number of hydrogen-bond acceptors (Lipinski definition) is 3. The number of nitrogens with one attached hydrogen (secondary N) is 1. The second kappa shape index (κ2) is 6.65. The van der Waals surface area contributed by atoms with E-state index in [0.29, 0.717) is 0 Å². The van der Waals surface area contributed by atoms with E-state index < -0.39 is 10.0 Å². The van der Waals surface area contributed by atoms with Crippen LogP contribution in [0.15, 0.2) is 12.7 Å². The predicted molar refractivity (Wildman–Crippen MR) is 64.5 cm³/mol. The van der Waals surface area contributed by atoms with Gasteiger partial charge in [-0.3, -0.25) is 4.79 Å². The van der Waals surface area contributed by atoms with Crippen molar-refractivity contribution < 1.29 is 13.2 Å². The number of carbonyl (C=O) groups is 1. The lowest BCUT2D eigenvalue weighted by Crippen LogP contribution is -2.42. The van der Waals surface area contributed by atoms with Gasteiger partial charge in [0.05, 0.1) is 12.8 Å². The molecular weight excluding hydrogens is 228 g/mol. The van der Waals surface area contributed by atoms with E-state index >= 15 is 0 Å². The molecule has 1 unspecified atom stereocenters. The summed E-state index contributed by atoms with van der Waals surface area (Å²) in [5.74, 6) is -0.290. The Bertz CT molecular complexity index is 338. The van der Waals surface area contributed by atoms with Crippen LogP contribution >= 0.6 is 0 Å². The minimum absolute atomic E-state index is 0.0534. The van der Waals surface area contributed by atoms with Crippen molar-refractivity contribution in [1.82, 2.24) is 9.62 Å². The Morgan fingerprint density at radius 1 is 1.56 bits per heavy atom. The van der Waals surface area contributed by atoms with E-state index in [1.165, 1.54) is 6.08 Å². The second-order valence-corrected chi connectivity index (χ2v) is 5.70. The van der Waals surface area contributed by atoms with Crippen LogP contribution in [-0.4, -0.2) is 44.0 Å². The van der Waals surface area contributed by atoms with Gasteiger partial charge in [0.25, 0.3) is 0 Å². The van der Waals surface area contributed by atoms with Crippen molar-refractivity contribution in [3.05, 3.63) is 12.7 Å². The van der Waals surface area contributed by atoms with E-state index in [1.54, 1.807) is 0 Å². The van der Waals surface area contributed by atoms with Crippen molar-refractivity contribution in [2.75, 3.05) is 19.3 Å². The number of sulfonamides is 1. The molecule has 0 aromatic heterocycles. The Kier molecular flexibility index (Phi) is 6.28. The molecular formula is C10H20N2O3S. The van der Waals surface area contributed by atoms with E-state index in [0.717, 1.165) is 17.0 Å². The highest BCUT2D eigenvalue weighted by molar-refractivity contribution is 7.88. The Morgan fingerprint density at radius 3 is 2.50 bits per heavy atom. The van der Waals surface area contributed by atoms with Crippen LogP contribution in [0.3, 0.4) is 0 Å². The molecule has 0 aliphatic rings. The molecule has 0 rings (SSSR count). The monoisotopic (exact) mass is 248 g/mol. The number of hydrogen-bond donors (Lipinski definition) is 1. The SMILES string of the molecule is C=CCN(CC(=O)NC(C)CC)S(C)(=O)=O. The summed E-state index contributed by atoms with van der Waals surface area (Å²) < 4.78 is 23.7. The Balaban J connectivity index is 4.41. The van der Waals surface area contributed by atoms with Crippen molar-refractivity contribution >= 4 is 15.9 Å². The fourth-order valence-corrected chi connectivity index (χ4v) is 1.77. The maximum absolute atomic E-state index is 11.5. The number of nitrogens with zero attached hydrogens (tertiary/aromatic N) is 1. The van der Waals surface area contributed by atoms with Gasteiger partial charge in [-0.05, 0) is 13.3 Å². The molecule has 0 aromatic rings. The van der Waals surface area contributed by atoms with Crippen LogP contribution in [0.1, 0.15) is 20.3 Å². The van der Waals surface area contributed by atoms with Gasteiger partial charge in [-0.2, -0.15) is 4.31 Å². The molecule has 16 heavy (non-hydrogen) atoms. The fourth-order valence-electron chi connectivity index (χ4n) is 1.04. The Morgan fingerprint density at radius 2 is 2.12 bits per heavy atom. The van der Waals surface area contributed by atoms with Gasteiger partial charge >= 0.3 is 0 Å². The average molecular weight is 248 g/mol. The third-order valence-corrected chi connectivity index (χ3v) is 3.36. The molecule has 0 saturated heterocycles. The molecule has 5 nitrogen and oxygen atoms in total. The summed E-state index contributed by atoms with van der Waals surface area (Å²) in [6.45, 7) is 7.27. The van der Waals surface area contributed by atoms with Gasteiger partial charge in [-0.15, -0.1) is 6.58 Å².